The number of carbonyl (C=O) groups excluding carboxylic acids is 4. The summed E-state index contributed by atoms with van der Waals surface area (Å²) in [6, 6.07) is 14.3. The van der Waals surface area contributed by atoms with Gasteiger partial charge in [0.25, 0.3) is 0 Å². The predicted molar refractivity (Wildman–Crippen MR) is 150 cm³/mol. The molecular formula is C31H34ClNO7. The average molecular weight is 568 g/mol. The van der Waals surface area contributed by atoms with E-state index in [0.717, 1.165) is 12.8 Å². The van der Waals surface area contributed by atoms with Crippen LogP contribution in [0, 0.1) is 5.92 Å². The van der Waals surface area contributed by atoms with E-state index in [2.05, 4.69) is 0 Å². The molecule has 0 unspecified atom stereocenters. The minimum Gasteiger partial charge on any atom is -0.444 e. The van der Waals surface area contributed by atoms with Crippen molar-refractivity contribution in [2.75, 3.05) is 20.2 Å². The standard InChI is InChI=1S/C31H34ClNO7/c1-31(2,3)40-29(36)33(4)17-18-38-30(37)39-28-25(26(34)23-7-5-6-8-24(23)27(28)35)21-11-9-19(10-12-21)20-13-15-22(32)16-14-20/h5-8,13-16,19,21H,9-12,17-18H2,1-4H3. The quantitative estimate of drug-likeness (QED) is 0.348. The SMILES string of the molecule is CN(CCOC(=O)OC1=C(C2CCC(c3ccc(Cl)cc3)CC2)C(=O)c2ccccc2C1=O)C(=O)OC(C)(C)C. The van der Waals surface area contributed by atoms with Crippen molar-refractivity contribution in [2.45, 2.75) is 58.0 Å². The van der Waals surface area contributed by atoms with Crippen molar-refractivity contribution in [1.82, 2.24) is 4.90 Å². The van der Waals surface area contributed by atoms with Crippen molar-refractivity contribution in [3.63, 3.8) is 0 Å². The Kier molecular flexibility index (Phi) is 8.98. The van der Waals surface area contributed by atoms with E-state index < -0.39 is 23.6 Å². The molecule has 1 fully saturated rings. The Bertz CT molecular complexity index is 1320. The zero-order chi connectivity index (χ0) is 29.0. The number of ether oxygens (including phenoxy) is 3. The summed E-state index contributed by atoms with van der Waals surface area (Å²) in [5, 5.41) is 0.678. The Morgan fingerprint density at radius 2 is 1.48 bits per heavy atom. The summed E-state index contributed by atoms with van der Waals surface area (Å²) in [5.41, 5.74) is 1.25. The van der Waals surface area contributed by atoms with Gasteiger partial charge in [0.15, 0.2) is 11.5 Å². The zero-order valence-corrected chi connectivity index (χ0v) is 24.0. The lowest BCUT2D eigenvalue weighted by molar-refractivity contribution is 0.0224. The van der Waals surface area contributed by atoms with Crippen molar-refractivity contribution in [3.8, 4) is 0 Å². The highest BCUT2D eigenvalue weighted by atomic mass is 35.5. The van der Waals surface area contributed by atoms with Gasteiger partial charge in [-0.05, 0) is 76.0 Å². The Labute approximate surface area is 239 Å². The van der Waals surface area contributed by atoms with Crippen LogP contribution >= 0.6 is 11.6 Å². The van der Waals surface area contributed by atoms with Gasteiger partial charge >= 0.3 is 12.2 Å². The summed E-state index contributed by atoms with van der Waals surface area (Å²) in [6.45, 7) is 5.14. The first-order valence-corrected chi connectivity index (χ1v) is 13.8. The lowest BCUT2D eigenvalue weighted by Gasteiger charge is -2.32. The van der Waals surface area contributed by atoms with E-state index in [1.165, 1.54) is 17.5 Å². The number of hydrogen-bond donors (Lipinski definition) is 0. The summed E-state index contributed by atoms with van der Waals surface area (Å²) in [4.78, 5) is 53.1. The van der Waals surface area contributed by atoms with Crippen LogP contribution in [0.2, 0.25) is 5.02 Å². The topological polar surface area (TPSA) is 99.2 Å². The van der Waals surface area contributed by atoms with Gasteiger partial charge in [0.1, 0.15) is 12.2 Å². The third-order valence-electron chi connectivity index (χ3n) is 7.13. The molecule has 2 aliphatic carbocycles. The Hall–Kier alpha value is -3.65. The van der Waals surface area contributed by atoms with Gasteiger partial charge in [-0.25, -0.2) is 9.59 Å². The van der Waals surface area contributed by atoms with E-state index in [1.807, 2.05) is 24.3 Å². The van der Waals surface area contributed by atoms with Gasteiger partial charge in [0.2, 0.25) is 5.78 Å². The number of carbonyl (C=O) groups is 4. The molecule has 1 amide bonds. The van der Waals surface area contributed by atoms with E-state index in [1.54, 1.807) is 45.0 Å². The highest BCUT2D eigenvalue weighted by Gasteiger charge is 2.40. The fourth-order valence-corrected chi connectivity index (χ4v) is 5.23. The van der Waals surface area contributed by atoms with Gasteiger partial charge in [-0.1, -0.05) is 48.0 Å². The van der Waals surface area contributed by atoms with Crippen LogP contribution in [-0.2, 0) is 14.2 Å². The molecule has 0 radical (unpaired) electrons. The van der Waals surface area contributed by atoms with E-state index in [4.69, 9.17) is 25.8 Å². The molecule has 212 valence electrons. The van der Waals surface area contributed by atoms with Gasteiger partial charge in [-0.15, -0.1) is 0 Å². The van der Waals surface area contributed by atoms with Crippen LogP contribution < -0.4 is 0 Å². The first kappa shape index (κ1) is 29.3. The van der Waals surface area contributed by atoms with Crippen molar-refractivity contribution < 1.29 is 33.4 Å². The number of halogens is 1. The highest BCUT2D eigenvalue weighted by Crippen LogP contribution is 2.42. The molecule has 0 spiro atoms. The fraction of sp³-hybridized carbons (Fsp3) is 0.419. The summed E-state index contributed by atoms with van der Waals surface area (Å²) >= 11 is 6.04. The number of ketones is 2. The van der Waals surface area contributed by atoms with E-state index in [0.29, 0.717) is 29.3 Å². The Morgan fingerprint density at radius 1 is 0.900 bits per heavy atom. The van der Waals surface area contributed by atoms with Crippen molar-refractivity contribution in [3.05, 3.63) is 81.6 Å². The fourth-order valence-electron chi connectivity index (χ4n) is 5.10. The number of likely N-dealkylation sites (N-methyl/N-ethyl adjacent to an activating group) is 1. The normalized spacial score (nSPS) is 19.1. The van der Waals surface area contributed by atoms with Gasteiger partial charge in [-0.3, -0.25) is 9.59 Å². The first-order valence-electron chi connectivity index (χ1n) is 13.4. The van der Waals surface area contributed by atoms with Gasteiger partial charge in [-0.2, -0.15) is 0 Å². The third kappa shape index (κ3) is 6.91. The Morgan fingerprint density at radius 3 is 2.08 bits per heavy atom. The smallest absolute Gasteiger partial charge is 0.444 e. The number of benzene rings is 2. The second-order valence-corrected chi connectivity index (χ2v) is 11.6. The maximum absolute atomic E-state index is 13.6. The molecule has 0 bridgehead atoms. The molecule has 2 aromatic rings. The van der Waals surface area contributed by atoms with Crippen molar-refractivity contribution in [2.24, 2.45) is 5.92 Å². The van der Waals surface area contributed by atoms with E-state index >= 15 is 0 Å². The number of hydrogen-bond acceptors (Lipinski definition) is 7. The van der Waals surface area contributed by atoms with Crippen LogP contribution in [-0.4, -0.2) is 54.5 Å². The van der Waals surface area contributed by atoms with Crippen LogP contribution in [0.4, 0.5) is 9.59 Å². The summed E-state index contributed by atoms with van der Waals surface area (Å²) in [7, 11) is 1.52. The third-order valence-corrected chi connectivity index (χ3v) is 7.38. The molecule has 0 N–H and O–H groups in total. The maximum atomic E-state index is 13.6. The number of Topliss-reactive ketones (excluding diaryl/α,β-unsaturated/α-hetero) is 2. The zero-order valence-electron chi connectivity index (χ0n) is 23.2. The molecule has 0 atom stereocenters. The molecule has 0 aliphatic heterocycles. The largest absolute Gasteiger partial charge is 0.514 e. The van der Waals surface area contributed by atoms with E-state index in [9.17, 15) is 19.2 Å². The second kappa shape index (κ2) is 12.3. The number of rotatable bonds is 6. The van der Waals surface area contributed by atoms with Crippen LogP contribution in [0.1, 0.15) is 78.7 Å². The molecule has 0 heterocycles. The molecule has 40 heavy (non-hydrogen) atoms. The molecule has 2 aromatic carbocycles. The van der Waals surface area contributed by atoms with Crippen LogP contribution in [0.5, 0.6) is 0 Å². The monoisotopic (exact) mass is 567 g/mol. The molecule has 8 nitrogen and oxygen atoms in total. The molecule has 4 rings (SSSR count). The second-order valence-electron chi connectivity index (χ2n) is 11.1. The van der Waals surface area contributed by atoms with Crippen LogP contribution in [0.3, 0.4) is 0 Å². The summed E-state index contributed by atoms with van der Waals surface area (Å²) in [6.07, 6.45) is 1.27. The Balaban J connectivity index is 1.47. The molecule has 2 aliphatic rings. The van der Waals surface area contributed by atoms with Crippen LogP contribution in [0.15, 0.2) is 59.9 Å². The molecular weight excluding hydrogens is 534 g/mol. The predicted octanol–water partition coefficient (Wildman–Crippen LogP) is 6.97. The highest BCUT2D eigenvalue weighted by molar-refractivity contribution is 6.30. The lowest BCUT2D eigenvalue weighted by atomic mass is 9.72. The first-order chi connectivity index (χ1) is 18.9. The van der Waals surface area contributed by atoms with Gasteiger partial charge in [0.05, 0.1) is 12.1 Å². The van der Waals surface area contributed by atoms with Gasteiger partial charge in [0, 0.05) is 23.2 Å². The molecule has 0 aromatic heterocycles. The maximum Gasteiger partial charge on any atom is 0.514 e. The number of nitrogens with zero attached hydrogens (tertiary/aromatic N) is 1. The van der Waals surface area contributed by atoms with Crippen molar-refractivity contribution in [1.29, 1.82) is 0 Å². The van der Waals surface area contributed by atoms with Gasteiger partial charge < -0.3 is 19.1 Å². The number of allylic oxidation sites excluding steroid dienone is 2. The lowest BCUT2D eigenvalue weighted by Crippen LogP contribution is -2.36. The molecule has 9 heteroatoms. The van der Waals surface area contributed by atoms with Crippen molar-refractivity contribution >= 4 is 35.4 Å². The summed E-state index contributed by atoms with van der Waals surface area (Å²) in [5.74, 6) is -1.03. The van der Waals surface area contributed by atoms with E-state index in [-0.39, 0.29) is 41.7 Å². The summed E-state index contributed by atoms with van der Waals surface area (Å²) < 4.78 is 15.9. The minimum absolute atomic E-state index is 0.0559. The average Bonchev–Trinajstić information content (AvgIpc) is 2.91. The van der Waals surface area contributed by atoms with Crippen LogP contribution in [0.25, 0.3) is 0 Å². The number of amides is 1. The number of fused-ring (bicyclic) bond motifs is 1. The minimum atomic E-state index is -1.11. The molecule has 0 saturated heterocycles. The molecule has 1 saturated carbocycles.